The standard InChI is InChI=1S/C13H18N2O3S/c1-9-13(5-6-18-9)19-8-10-3-4-11(14-2)12(7-10)15(16)17/h3-4,7,9,13-14H,5-6,8H2,1-2H3. The van der Waals surface area contributed by atoms with Crippen LogP contribution in [0.2, 0.25) is 0 Å². The predicted molar refractivity (Wildman–Crippen MR) is 77.8 cm³/mol. The molecule has 1 N–H and O–H groups in total. The Bertz CT molecular complexity index is 467. The summed E-state index contributed by atoms with van der Waals surface area (Å²) in [4.78, 5) is 10.6. The van der Waals surface area contributed by atoms with E-state index in [4.69, 9.17) is 4.74 Å². The molecule has 0 aliphatic carbocycles. The summed E-state index contributed by atoms with van der Waals surface area (Å²) in [6.07, 6.45) is 1.33. The summed E-state index contributed by atoms with van der Waals surface area (Å²) in [5.74, 6) is 0.781. The maximum Gasteiger partial charge on any atom is 0.292 e. The van der Waals surface area contributed by atoms with E-state index < -0.39 is 0 Å². The molecule has 2 rings (SSSR count). The Labute approximate surface area is 116 Å². The number of nitro benzene ring substituents is 1. The minimum Gasteiger partial charge on any atom is -0.383 e. The molecule has 1 fully saturated rings. The number of benzene rings is 1. The third-order valence-corrected chi connectivity index (χ3v) is 4.85. The lowest BCUT2D eigenvalue weighted by molar-refractivity contribution is -0.384. The molecule has 0 bridgehead atoms. The average molecular weight is 282 g/mol. The van der Waals surface area contributed by atoms with Crippen LogP contribution in [0.25, 0.3) is 0 Å². The predicted octanol–water partition coefficient (Wildman–Crippen LogP) is 3.05. The van der Waals surface area contributed by atoms with Gasteiger partial charge in [-0.15, -0.1) is 0 Å². The number of nitro groups is 1. The molecule has 2 atom stereocenters. The van der Waals surface area contributed by atoms with Gasteiger partial charge in [-0.2, -0.15) is 11.8 Å². The van der Waals surface area contributed by atoms with Crippen LogP contribution in [0.4, 0.5) is 11.4 Å². The lowest BCUT2D eigenvalue weighted by Gasteiger charge is -2.13. The molecule has 6 heteroatoms. The van der Waals surface area contributed by atoms with Gasteiger partial charge in [-0.3, -0.25) is 10.1 Å². The van der Waals surface area contributed by atoms with E-state index in [0.29, 0.717) is 10.9 Å². The van der Waals surface area contributed by atoms with E-state index >= 15 is 0 Å². The number of ether oxygens (including phenoxy) is 1. The minimum absolute atomic E-state index is 0.135. The molecule has 1 saturated heterocycles. The summed E-state index contributed by atoms with van der Waals surface area (Å²) in [5, 5.41) is 14.3. The van der Waals surface area contributed by atoms with Crippen LogP contribution in [0.15, 0.2) is 18.2 Å². The highest BCUT2D eigenvalue weighted by atomic mass is 32.2. The molecule has 2 unspecified atom stereocenters. The van der Waals surface area contributed by atoms with Gasteiger partial charge < -0.3 is 10.1 Å². The fourth-order valence-corrected chi connectivity index (χ4v) is 3.36. The fourth-order valence-electron chi connectivity index (χ4n) is 2.16. The number of nitrogens with zero attached hydrogens (tertiary/aromatic N) is 1. The monoisotopic (exact) mass is 282 g/mol. The molecule has 19 heavy (non-hydrogen) atoms. The molecule has 1 aliphatic heterocycles. The molecule has 1 aromatic rings. The molecule has 0 saturated carbocycles. The Hall–Kier alpha value is -1.27. The number of thioether (sulfide) groups is 1. The van der Waals surface area contributed by atoms with E-state index in [2.05, 4.69) is 12.2 Å². The lowest BCUT2D eigenvalue weighted by atomic mass is 10.2. The van der Waals surface area contributed by atoms with Gasteiger partial charge in [-0.05, 0) is 25.0 Å². The first-order chi connectivity index (χ1) is 9.11. The number of anilines is 1. The normalized spacial score (nSPS) is 22.4. The molecule has 1 aromatic carbocycles. The first kappa shape index (κ1) is 14.1. The lowest BCUT2D eigenvalue weighted by Crippen LogP contribution is -2.13. The van der Waals surface area contributed by atoms with Crippen molar-refractivity contribution in [1.82, 2.24) is 0 Å². The SMILES string of the molecule is CNc1ccc(CSC2CCOC2C)cc1[N+](=O)[O-]. The minimum atomic E-state index is -0.346. The smallest absolute Gasteiger partial charge is 0.292 e. The van der Waals surface area contributed by atoms with Crippen LogP contribution >= 0.6 is 11.8 Å². The van der Waals surface area contributed by atoms with Crippen LogP contribution in [-0.4, -0.2) is 29.9 Å². The summed E-state index contributed by atoms with van der Waals surface area (Å²) in [7, 11) is 1.69. The van der Waals surface area contributed by atoms with E-state index in [-0.39, 0.29) is 16.7 Å². The topological polar surface area (TPSA) is 64.4 Å². The summed E-state index contributed by atoms with van der Waals surface area (Å²) < 4.78 is 5.51. The van der Waals surface area contributed by atoms with Crippen LogP contribution in [-0.2, 0) is 10.5 Å². The molecule has 0 radical (unpaired) electrons. The van der Waals surface area contributed by atoms with Crippen LogP contribution < -0.4 is 5.32 Å². The zero-order valence-electron chi connectivity index (χ0n) is 11.1. The highest BCUT2D eigenvalue weighted by Crippen LogP contribution is 2.31. The first-order valence-electron chi connectivity index (χ1n) is 6.30. The van der Waals surface area contributed by atoms with E-state index in [9.17, 15) is 10.1 Å². The average Bonchev–Trinajstić information content (AvgIpc) is 2.81. The highest BCUT2D eigenvalue weighted by molar-refractivity contribution is 7.99. The van der Waals surface area contributed by atoms with Crippen molar-refractivity contribution in [3.05, 3.63) is 33.9 Å². The Morgan fingerprint density at radius 1 is 1.58 bits per heavy atom. The van der Waals surface area contributed by atoms with Crippen molar-refractivity contribution in [2.24, 2.45) is 0 Å². The summed E-state index contributed by atoms with van der Waals surface area (Å²) >= 11 is 1.81. The third kappa shape index (κ3) is 3.39. The zero-order valence-corrected chi connectivity index (χ0v) is 11.9. The Morgan fingerprint density at radius 2 is 2.37 bits per heavy atom. The molecule has 0 amide bonds. The molecular formula is C13H18N2O3S. The van der Waals surface area contributed by atoms with Crippen LogP contribution in [0.3, 0.4) is 0 Å². The van der Waals surface area contributed by atoms with Crippen LogP contribution in [0, 0.1) is 10.1 Å². The van der Waals surface area contributed by atoms with Gasteiger partial charge in [0.25, 0.3) is 5.69 Å². The molecule has 5 nitrogen and oxygen atoms in total. The van der Waals surface area contributed by atoms with Gasteiger partial charge in [0.15, 0.2) is 0 Å². The third-order valence-electron chi connectivity index (χ3n) is 3.30. The molecule has 1 heterocycles. The Balaban J connectivity index is 2.04. The van der Waals surface area contributed by atoms with Gasteiger partial charge in [0.1, 0.15) is 5.69 Å². The maximum absolute atomic E-state index is 11.0. The summed E-state index contributed by atoms with van der Waals surface area (Å²) in [5.41, 5.74) is 1.67. The van der Waals surface area contributed by atoms with Crippen molar-refractivity contribution < 1.29 is 9.66 Å². The van der Waals surface area contributed by atoms with Crippen LogP contribution in [0.5, 0.6) is 0 Å². The number of nitrogens with one attached hydrogen (secondary N) is 1. The Kier molecular flexibility index (Phi) is 4.66. The molecule has 0 aromatic heterocycles. The summed E-state index contributed by atoms with van der Waals surface area (Å²) in [6, 6.07) is 5.36. The van der Waals surface area contributed by atoms with E-state index in [0.717, 1.165) is 24.3 Å². The zero-order chi connectivity index (χ0) is 13.8. The van der Waals surface area contributed by atoms with Crippen molar-refractivity contribution in [1.29, 1.82) is 0 Å². The second-order valence-electron chi connectivity index (χ2n) is 4.57. The molecule has 104 valence electrons. The van der Waals surface area contributed by atoms with Gasteiger partial charge in [0.2, 0.25) is 0 Å². The van der Waals surface area contributed by atoms with Crippen LogP contribution in [0.1, 0.15) is 18.9 Å². The molecule has 0 spiro atoms. The van der Waals surface area contributed by atoms with Gasteiger partial charge in [0, 0.05) is 30.7 Å². The van der Waals surface area contributed by atoms with E-state index in [1.54, 1.807) is 19.2 Å². The van der Waals surface area contributed by atoms with Gasteiger partial charge in [-0.1, -0.05) is 6.07 Å². The number of hydrogen-bond acceptors (Lipinski definition) is 5. The molecular weight excluding hydrogens is 264 g/mol. The summed E-state index contributed by atoms with van der Waals surface area (Å²) in [6.45, 7) is 2.90. The van der Waals surface area contributed by atoms with Gasteiger partial charge >= 0.3 is 0 Å². The second kappa shape index (κ2) is 6.25. The van der Waals surface area contributed by atoms with Gasteiger partial charge in [-0.25, -0.2) is 0 Å². The second-order valence-corrected chi connectivity index (χ2v) is 5.80. The van der Waals surface area contributed by atoms with E-state index in [1.807, 2.05) is 17.8 Å². The largest absolute Gasteiger partial charge is 0.383 e. The van der Waals surface area contributed by atoms with Crippen molar-refractivity contribution in [3.63, 3.8) is 0 Å². The number of rotatable bonds is 5. The van der Waals surface area contributed by atoms with Gasteiger partial charge in [0.05, 0.1) is 11.0 Å². The van der Waals surface area contributed by atoms with E-state index in [1.165, 1.54) is 0 Å². The maximum atomic E-state index is 11.0. The highest BCUT2D eigenvalue weighted by Gasteiger charge is 2.24. The number of hydrogen-bond donors (Lipinski definition) is 1. The van der Waals surface area contributed by atoms with Crippen molar-refractivity contribution in [2.45, 2.75) is 30.5 Å². The first-order valence-corrected chi connectivity index (χ1v) is 7.35. The quantitative estimate of drug-likeness (QED) is 0.664. The van der Waals surface area contributed by atoms with Crippen molar-refractivity contribution >= 4 is 23.1 Å². The molecule has 1 aliphatic rings. The van der Waals surface area contributed by atoms with Crippen molar-refractivity contribution in [2.75, 3.05) is 19.0 Å². The van der Waals surface area contributed by atoms with Crippen molar-refractivity contribution in [3.8, 4) is 0 Å². The fraction of sp³-hybridized carbons (Fsp3) is 0.538. The Morgan fingerprint density at radius 3 is 2.95 bits per heavy atom.